The molecule has 1 aliphatic heterocycles. The molecule has 0 aliphatic carbocycles. The van der Waals surface area contributed by atoms with Crippen molar-refractivity contribution in [3.63, 3.8) is 0 Å². The van der Waals surface area contributed by atoms with Crippen molar-refractivity contribution >= 4 is 32.4 Å². The standard InChI is InChI=1S/C12H20N4O3S2/c1-8-10(20-12(13)15-8)11(17)16-5-3-4-9(7-16)6-14-21(2,18)19/h9,14H,3-7H2,1-2H3,(H2,13,15). The summed E-state index contributed by atoms with van der Waals surface area (Å²) in [5.41, 5.74) is 6.28. The van der Waals surface area contributed by atoms with Gasteiger partial charge < -0.3 is 10.6 Å². The highest BCUT2D eigenvalue weighted by atomic mass is 32.2. The molecular formula is C12H20N4O3S2. The Morgan fingerprint density at radius 3 is 2.86 bits per heavy atom. The summed E-state index contributed by atoms with van der Waals surface area (Å²) in [5, 5.41) is 0.392. The monoisotopic (exact) mass is 332 g/mol. The molecule has 1 aromatic heterocycles. The van der Waals surface area contributed by atoms with E-state index >= 15 is 0 Å². The summed E-state index contributed by atoms with van der Waals surface area (Å²) < 4.78 is 24.8. The predicted octanol–water partition coefficient (Wildman–Crippen LogP) is 0.435. The van der Waals surface area contributed by atoms with Crippen LogP contribution in [0.15, 0.2) is 0 Å². The molecule has 118 valence electrons. The molecule has 2 heterocycles. The van der Waals surface area contributed by atoms with Crippen molar-refractivity contribution < 1.29 is 13.2 Å². The number of amides is 1. The van der Waals surface area contributed by atoms with E-state index in [0.717, 1.165) is 19.1 Å². The molecule has 0 aromatic carbocycles. The Kier molecular flexibility index (Phi) is 4.84. The number of likely N-dealkylation sites (tertiary alicyclic amines) is 1. The quantitative estimate of drug-likeness (QED) is 0.832. The van der Waals surface area contributed by atoms with Gasteiger partial charge in [0, 0.05) is 19.6 Å². The Bertz CT molecular complexity index is 626. The predicted molar refractivity (Wildman–Crippen MR) is 82.7 cm³/mol. The molecule has 9 heteroatoms. The number of nitrogens with two attached hydrogens (primary N) is 1. The van der Waals surface area contributed by atoms with Crippen LogP contribution in [0, 0.1) is 12.8 Å². The molecule has 0 bridgehead atoms. The minimum absolute atomic E-state index is 0.0641. The fourth-order valence-corrected chi connectivity index (χ4v) is 3.78. The van der Waals surface area contributed by atoms with Crippen LogP contribution >= 0.6 is 11.3 Å². The summed E-state index contributed by atoms with van der Waals surface area (Å²) in [6.45, 7) is 3.38. The van der Waals surface area contributed by atoms with E-state index in [2.05, 4.69) is 9.71 Å². The van der Waals surface area contributed by atoms with E-state index in [1.54, 1.807) is 11.8 Å². The Labute approximate surface area is 128 Å². The van der Waals surface area contributed by atoms with Crippen molar-refractivity contribution in [1.29, 1.82) is 0 Å². The van der Waals surface area contributed by atoms with E-state index in [4.69, 9.17) is 5.73 Å². The van der Waals surface area contributed by atoms with Gasteiger partial charge in [-0.2, -0.15) is 0 Å². The number of nitrogen functional groups attached to an aromatic ring is 1. The van der Waals surface area contributed by atoms with Crippen LogP contribution in [0.1, 0.15) is 28.2 Å². The number of hydrogen-bond donors (Lipinski definition) is 2. The zero-order valence-corrected chi connectivity index (χ0v) is 13.8. The molecule has 0 radical (unpaired) electrons. The summed E-state index contributed by atoms with van der Waals surface area (Å²) in [6.07, 6.45) is 2.92. The Morgan fingerprint density at radius 2 is 2.29 bits per heavy atom. The smallest absolute Gasteiger partial charge is 0.265 e. The number of carbonyl (C=O) groups excluding carboxylic acids is 1. The lowest BCUT2D eigenvalue weighted by molar-refractivity contribution is 0.0680. The number of piperidine rings is 1. The van der Waals surface area contributed by atoms with E-state index in [1.807, 2.05) is 0 Å². The molecule has 21 heavy (non-hydrogen) atoms. The van der Waals surface area contributed by atoms with Crippen molar-refractivity contribution in [1.82, 2.24) is 14.6 Å². The van der Waals surface area contributed by atoms with E-state index in [9.17, 15) is 13.2 Å². The molecule has 1 aromatic rings. The molecule has 7 nitrogen and oxygen atoms in total. The summed E-state index contributed by atoms with van der Waals surface area (Å²) in [5.74, 6) is 0.0776. The minimum atomic E-state index is -3.19. The number of hydrogen-bond acceptors (Lipinski definition) is 6. The molecular weight excluding hydrogens is 312 g/mol. The van der Waals surface area contributed by atoms with E-state index in [-0.39, 0.29) is 11.8 Å². The molecule has 0 spiro atoms. The zero-order valence-electron chi connectivity index (χ0n) is 12.1. The van der Waals surface area contributed by atoms with Crippen molar-refractivity contribution in [3.8, 4) is 0 Å². The highest BCUT2D eigenvalue weighted by Gasteiger charge is 2.27. The number of anilines is 1. The average molecular weight is 332 g/mol. The Balaban J connectivity index is 2.00. The van der Waals surface area contributed by atoms with Gasteiger partial charge in [-0.05, 0) is 25.7 Å². The van der Waals surface area contributed by atoms with E-state index in [1.165, 1.54) is 11.3 Å². The van der Waals surface area contributed by atoms with Gasteiger partial charge in [-0.1, -0.05) is 11.3 Å². The van der Waals surface area contributed by atoms with Crippen LogP contribution in [0.4, 0.5) is 5.13 Å². The molecule has 1 fully saturated rings. The second-order valence-electron chi connectivity index (χ2n) is 5.35. The number of nitrogens with zero attached hydrogens (tertiary/aromatic N) is 2. The minimum Gasteiger partial charge on any atom is -0.375 e. The number of nitrogens with one attached hydrogen (secondary N) is 1. The number of carbonyl (C=O) groups is 1. The lowest BCUT2D eigenvalue weighted by atomic mass is 9.98. The maximum atomic E-state index is 12.5. The largest absolute Gasteiger partial charge is 0.375 e. The molecule has 1 atom stereocenters. The number of aryl methyl sites for hydroxylation is 1. The molecule has 1 saturated heterocycles. The summed E-state index contributed by atoms with van der Waals surface area (Å²) in [6, 6.07) is 0. The van der Waals surface area contributed by atoms with Crippen LogP contribution in [-0.2, 0) is 10.0 Å². The summed E-state index contributed by atoms with van der Waals surface area (Å²) in [4.78, 5) is 18.9. The van der Waals surface area contributed by atoms with Gasteiger partial charge in [0.15, 0.2) is 5.13 Å². The number of aromatic nitrogens is 1. The van der Waals surface area contributed by atoms with Crippen molar-refractivity contribution in [2.75, 3.05) is 31.6 Å². The molecule has 1 unspecified atom stereocenters. The van der Waals surface area contributed by atoms with E-state index in [0.29, 0.717) is 35.3 Å². The van der Waals surface area contributed by atoms with Crippen molar-refractivity contribution in [2.45, 2.75) is 19.8 Å². The van der Waals surface area contributed by atoms with Gasteiger partial charge >= 0.3 is 0 Å². The van der Waals surface area contributed by atoms with Crippen LogP contribution < -0.4 is 10.5 Å². The number of thiazole rings is 1. The fraction of sp³-hybridized carbons (Fsp3) is 0.667. The third-order valence-electron chi connectivity index (χ3n) is 3.45. The van der Waals surface area contributed by atoms with Crippen molar-refractivity contribution in [3.05, 3.63) is 10.6 Å². The highest BCUT2D eigenvalue weighted by Crippen LogP contribution is 2.24. The second-order valence-corrected chi connectivity index (χ2v) is 8.21. The molecule has 0 saturated carbocycles. The van der Waals surface area contributed by atoms with Gasteiger partial charge in [0.25, 0.3) is 5.91 Å². The van der Waals surface area contributed by atoms with Crippen LogP contribution in [0.25, 0.3) is 0 Å². The second kappa shape index (κ2) is 6.29. The van der Waals surface area contributed by atoms with Crippen LogP contribution in [0.3, 0.4) is 0 Å². The first-order chi connectivity index (χ1) is 9.76. The highest BCUT2D eigenvalue weighted by molar-refractivity contribution is 7.88. The fourth-order valence-electron chi connectivity index (χ4n) is 2.44. The van der Waals surface area contributed by atoms with Gasteiger partial charge in [-0.25, -0.2) is 18.1 Å². The first kappa shape index (κ1) is 16.2. The average Bonchev–Trinajstić information content (AvgIpc) is 2.74. The van der Waals surface area contributed by atoms with Gasteiger partial charge in [0.05, 0.1) is 11.9 Å². The van der Waals surface area contributed by atoms with Gasteiger partial charge in [0.2, 0.25) is 10.0 Å². The summed E-state index contributed by atoms with van der Waals surface area (Å²) in [7, 11) is -3.19. The van der Waals surface area contributed by atoms with Crippen LogP contribution in [-0.4, -0.2) is 50.1 Å². The van der Waals surface area contributed by atoms with Gasteiger partial charge in [0.1, 0.15) is 4.88 Å². The lowest BCUT2D eigenvalue weighted by Crippen LogP contribution is -2.43. The third kappa shape index (κ3) is 4.39. The number of sulfonamides is 1. The topological polar surface area (TPSA) is 105 Å². The van der Waals surface area contributed by atoms with Gasteiger partial charge in [-0.15, -0.1) is 0 Å². The molecule has 1 amide bonds. The normalized spacial score (nSPS) is 19.7. The lowest BCUT2D eigenvalue weighted by Gasteiger charge is -2.32. The molecule has 3 N–H and O–H groups in total. The third-order valence-corrected chi connectivity index (χ3v) is 5.11. The maximum Gasteiger partial charge on any atom is 0.265 e. The number of rotatable bonds is 4. The van der Waals surface area contributed by atoms with Crippen LogP contribution in [0.5, 0.6) is 0 Å². The van der Waals surface area contributed by atoms with E-state index < -0.39 is 10.0 Å². The van der Waals surface area contributed by atoms with Crippen molar-refractivity contribution in [2.24, 2.45) is 5.92 Å². The zero-order chi connectivity index (χ0) is 15.6. The maximum absolute atomic E-state index is 12.5. The first-order valence-corrected chi connectivity index (χ1v) is 9.44. The van der Waals surface area contributed by atoms with Crippen LogP contribution in [0.2, 0.25) is 0 Å². The summed E-state index contributed by atoms with van der Waals surface area (Å²) >= 11 is 1.20. The Hall–Kier alpha value is -1.19. The Morgan fingerprint density at radius 1 is 1.57 bits per heavy atom. The first-order valence-electron chi connectivity index (χ1n) is 6.73. The van der Waals surface area contributed by atoms with Gasteiger partial charge in [-0.3, -0.25) is 4.79 Å². The molecule has 2 rings (SSSR count). The SMILES string of the molecule is Cc1nc(N)sc1C(=O)N1CCCC(CNS(C)(=O)=O)C1. The molecule has 1 aliphatic rings.